The SMILES string of the molecule is CCCn1ccnc(NCCN(C)CC)c1=O. The van der Waals surface area contributed by atoms with E-state index in [9.17, 15) is 4.79 Å². The number of aryl methyl sites for hydroxylation is 1. The predicted octanol–water partition coefficient (Wildman–Crippen LogP) is 1.02. The number of anilines is 1. The first-order valence-electron chi connectivity index (χ1n) is 6.16. The molecule has 1 heterocycles. The van der Waals surface area contributed by atoms with Crippen molar-refractivity contribution >= 4 is 5.82 Å². The highest BCUT2D eigenvalue weighted by molar-refractivity contribution is 5.30. The fraction of sp³-hybridized carbons (Fsp3) is 0.667. The Morgan fingerprint density at radius 1 is 1.47 bits per heavy atom. The van der Waals surface area contributed by atoms with E-state index in [2.05, 4.69) is 36.1 Å². The van der Waals surface area contributed by atoms with Crippen LogP contribution in [0.4, 0.5) is 5.82 Å². The van der Waals surface area contributed by atoms with Crippen molar-refractivity contribution < 1.29 is 0 Å². The lowest BCUT2D eigenvalue weighted by atomic mass is 10.4. The maximum atomic E-state index is 11.9. The highest BCUT2D eigenvalue weighted by Crippen LogP contribution is 1.94. The van der Waals surface area contributed by atoms with Gasteiger partial charge in [-0.1, -0.05) is 13.8 Å². The quantitative estimate of drug-likeness (QED) is 0.770. The van der Waals surface area contributed by atoms with Crippen LogP contribution in [0.15, 0.2) is 17.2 Å². The van der Waals surface area contributed by atoms with Gasteiger partial charge in [-0.15, -0.1) is 0 Å². The Hall–Kier alpha value is -1.36. The lowest BCUT2D eigenvalue weighted by Crippen LogP contribution is -2.29. The number of hydrogen-bond donors (Lipinski definition) is 1. The largest absolute Gasteiger partial charge is 0.364 e. The topological polar surface area (TPSA) is 50.2 Å². The van der Waals surface area contributed by atoms with Crippen molar-refractivity contribution in [1.82, 2.24) is 14.5 Å². The third-order valence-electron chi connectivity index (χ3n) is 2.70. The summed E-state index contributed by atoms with van der Waals surface area (Å²) in [6.07, 6.45) is 4.35. The number of aromatic nitrogens is 2. The second-order valence-electron chi connectivity index (χ2n) is 4.10. The van der Waals surface area contributed by atoms with E-state index < -0.39 is 0 Å². The van der Waals surface area contributed by atoms with Gasteiger partial charge in [-0.05, 0) is 20.0 Å². The molecule has 1 rings (SSSR count). The molecule has 5 heteroatoms. The summed E-state index contributed by atoms with van der Waals surface area (Å²) >= 11 is 0. The van der Waals surface area contributed by atoms with Crippen molar-refractivity contribution in [3.8, 4) is 0 Å². The molecular weight excluding hydrogens is 216 g/mol. The summed E-state index contributed by atoms with van der Waals surface area (Å²) in [7, 11) is 2.05. The van der Waals surface area contributed by atoms with E-state index in [1.807, 2.05) is 0 Å². The molecule has 0 unspecified atom stereocenters. The Morgan fingerprint density at radius 2 is 2.24 bits per heavy atom. The third kappa shape index (κ3) is 4.19. The molecule has 1 aromatic rings. The van der Waals surface area contributed by atoms with Gasteiger partial charge in [0.05, 0.1) is 0 Å². The minimum Gasteiger partial charge on any atom is -0.364 e. The van der Waals surface area contributed by atoms with Gasteiger partial charge in [-0.25, -0.2) is 4.98 Å². The maximum Gasteiger partial charge on any atom is 0.293 e. The normalized spacial score (nSPS) is 10.8. The van der Waals surface area contributed by atoms with E-state index >= 15 is 0 Å². The van der Waals surface area contributed by atoms with Crippen molar-refractivity contribution in [1.29, 1.82) is 0 Å². The van der Waals surface area contributed by atoms with Crippen LogP contribution < -0.4 is 10.9 Å². The van der Waals surface area contributed by atoms with E-state index in [1.54, 1.807) is 17.0 Å². The van der Waals surface area contributed by atoms with E-state index in [1.165, 1.54) is 0 Å². The first-order chi connectivity index (χ1) is 8.19. The Morgan fingerprint density at radius 3 is 2.88 bits per heavy atom. The standard InChI is InChI=1S/C12H22N4O/c1-4-8-16-10-7-14-11(12(16)17)13-6-9-15(3)5-2/h7,10H,4-6,8-9H2,1-3H3,(H,13,14). The van der Waals surface area contributed by atoms with Gasteiger partial charge in [-0.3, -0.25) is 4.79 Å². The summed E-state index contributed by atoms with van der Waals surface area (Å²) in [6, 6.07) is 0. The molecule has 5 nitrogen and oxygen atoms in total. The van der Waals surface area contributed by atoms with Crippen LogP contribution in [0, 0.1) is 0 Å². The summed E-state index contributed by atoms with van der Waals surface area (Å²) in [5, 5.41) is 3.09. The molecule has 0 saturated heterocycles. The molecule has 1 aromatic heterocycles. The summed E-state index contributed by atoms with van der Waals surface area (Å²) in [4.78, 5) is 18.2. The van der Waals surface area contributed by atoms with Crippen LogP contribution in [0.3, 0.4) is 0 Å². The third-order valence-corrected chi connectivity index (χ3v) is 2.70. The van der Waals surface area contributed by atoms with E-state index in [4.69, 9.17) is 0 Å². The van der Waals surface area contributed by atoms with Gasteiger partial charge in [0, 0.05) is 32.0 Å². The number of rotatable bonds is 7. The van der Waals surface area contributed by atoms with E-state index in [0.717, 1.165) is 32.6 Å². The first-order valence-corrected chi connectivity index (χ1v) is 6.16. The first kappa shape index (κ1) is 13.7. The van der Waals surface area contributed by atoms with Crippen LogP contribution in [0.25, 0.3) is 0 Å². The molecule has 17 heavy (non-hydrogen) atoms. The number of likely N-dealkylation sites (N-methyl/N-ethyl adjacent to an activating group) is 1. The zero-order chi connectivity index (χ0) is 12.7. The molecule has 96 valence electrons. The van der Waals surface area contributed by atoms with Crippen LogP contribution in [-0.4, -0.2) is 41.1 Å². The van der Waals surface area contributed by atoms with Gasteiger partial charge in [0.1, 0.15) is 0 Å². The molecule has 0 spiro atoms. The molecule has 1 N–H and O–H groups in total. The summed E-state index contributed by atoms with van der Waals surface area (Å²) in [5.74, 6) is 0.449. The second-order valence-corrected chi connectivity index (χ2v) is 4.10. The zero-order valence-electron chi connectivity index (χ0n) is 10.9. The lowest BCUT2D eigenvalue weighted by molar-refractivity contribution is 0.367. The molecule has 0 aliphatic heterocycles. The molecule has 0 fully saturated rings. The van der Waals surface area contributed by atoms with Crippen LogP contribution in [-0.2, 0) is 6.54 Å². The average molecular weight is 238 g/mol. The van der Waals surface area contributed by atoms with Crippen LogP contribution >= 0.6 is 0 Å². The lowest BCUT2D eigenvalue weighted by Gasteiger charge is -2.14. The monoisotopic (exact) mass is 238 g/mol. The molecule has 0 bridgehead atoms. The van der Waals surface area contributed by atoms with Crippen molar-refractivity contribution in [2.45, 2.75) is 26.8 Å². The van der Waals surface area contributed by atoms with Crippen molar-refractivity contribution in [2.75, 3.05) is 32.0 Å². The molecule has 0 amide bonds. The minimum absolute atomic E-state index is 0.0338. The Kier molecular flexibility index (Phi) is 5.69. The van der Waals surface area contributed by atoms with Crippen molar-refractivity contribution in [3.63, 3.8) is 0 Å². The molecule has 0 aliphatic rings. The van der Waals surface area contributed by atoms with E-state index in [0.29, 0.717) is 5.82 Å². The molecule has 0 atom stereocenters. The van der Waals surface area contributed by atoms with Crippen molar-refractivity contribution in [3.05, 3.63) is 22.7 Å². The van der Waals surface area contributed by atoms with Crippen LogP contribution in [0.1, 0.15) is 20.3 Å². The van der Waals surface area contributed by atoms with Gasteiger partial charge in [0.15, 0.2) is 5.82 Å². The van der Waals surface area contributed by atoms with Crippen LogP contribution in [0.5, 0.6) is 0 Å². The van der Waals surface area contributed by atoms with E-state index in [-0.39, 0.29) is 5.56 Å². The minimum atomic E-state index is -0.0338. The number of nitrogens with zero attached hydrogens (tertiary/aromatic N) is 3. The van der Waals surface area contributed by atoms with Gasteiger partial charge in [0.2, 0.25) is 0 Å². The van der Waals surface area contributed by atoms with Crippen LogP contribution in [0.2, 0.25) is 0 Å². The van der Waals surface area contributed by atoms with Crippen molar-refractivity contribution in [2.24, 2.45) is 0 Å². The average Bonchev–Trinajstić information content (AvgIpc) is 2.33. The van der Waals surface area contributed by atoms with Gasteiger partial charge < -0.3 is 14.8 Å². The Balaban J connectivity index is 2.59. The molecule has 0 saturated carbocycles. The second kappa shape index (κ2) is 7.06. The Labute approximate surface area is 102 Å². The zero-order valence-corrected chi connectivity index (χ0v) is 10.9. The highest BCUT2D eigenvalue weighted by atomic mass is 16.1. The maximum absolute atomic E-state index is 11.9. The van der Waals surface area contributed by atoms with Gasteiger partial charge in [0.25, 0.3) is 5.56 Å². The summed E-state index contributed by atoms with van der Waals surface area (Å²) in [5.41, 5.74) is -0.0338. The smallest absolute Gasteiger partial charge is 0.293 e. The van der Waals surface area contributed by atoms with Gasteiger partial charge >= 0.3 is 0 Å². The predicted molar refractivity (Wildman–Crippen MR) is 70.4 cm³/mol. The Bertz CT molecular complexity index is 388. The fourth-order valence-electron chi connectivity index (χ4n) is 1.51. The number of nitrogens with one attached hydrogen (secondary N) is 1. The summed E-state index contributed by atoms with van der Waals surface area (Å²) in [6.45, 7) is 7.54. The highest BCUT2D eigenvalue weighted by Gasteiger charge is 2.03. The molecular formula is C12H22N4O. The molecule has 0 aromatic carbocycles. The summed E-state index contributed by atoms with van der Waals surface area (Å²) < 4.78 is 1.69. The molecule has 0 radical (unpaired) electrons. The van der Waals surface area contributed by atoms with Gasteiger partial charge in [-0.2, -0.15) is 0 Å². The number of hydrogen-bond acceptors (Lipinski definition) is 4. The molecule has 0 aliphatic carbocycles. The fourth-order valence-corrected chi connectivity index (χ4v) is 1.51.